The molecule has 2 aromatic rings. The van der Waals surface area contributed by atoms with Gasteiger partial charge in [-0.15, -0.1) is 0 Å². The molecule has 0 bridgehead atoms. The maximum atomic E-state index is 4.12. The third-order valence-electron chi connectivity index (χ3n) is 3.49. The normalized spacial score (nSPS) is 12.6. The second-order valence-electron chi connectivity index (χ2n) is 5.18. The van der Waals surface area contributed by atoms with Crippen LogP contribution in [0.15, 0.2) is 30.9 Å². The van der Waals surface area contributed by atoms with Crippen LogP contribution in [0.4, 0.5) is 0 Å². The molecule has 1 unspecified atom stereocenters. The van der Waals surface area contributed by atoms with Crippen LogP contribution in [0, 0.1) is 20.8 Å². The van der Waals surface area contributed by atoms with Gasteiger partial charge in [-0.25, -0.2) is 4.98 Å². The SMILES string of the molecule is CCNC(Cn1ccnc1)c1c(C)cc(C)cc1C. The molecule has 0 amide bonds. The number of aryl methyl sites for hydroxylation is 3. The van der Waals surface area contributed by atoms with E-state index in [2.05, 4.69) is 54.7 Å². The second kappa shape index (κ2) is 6.02. The first-order valence-electron chi connectivity index (χ1n) is 6.88. The van der Waals surface area contributed by atoms with Crippen molar-refractivity contribution < 1.29 is 0 Å². The van der Waals surface area contributed by atoms with Crippen molar-refractivity contribution in [3.63, 3.8) is 0 Å². The number of imidazole rings is 1. The Morgan fingerprint density at radius 2 is 1.89 bits per heavy atom. The van der Waals surface area contributed by atoms with Crippen LogP contribution in [-0.4, -0.2) is 16.1 Å². The summed E-state index contributed by atoms with van der Waals surface area (Å²) in [6.45, 7) is 10.6. The lowest BCUT2D eigenvalue weighted by Crippen LogP contribution is -2.26. The predicted molar refractivity (Wildman–Crippen MR) is 79.3 cm³/mol. The molecule has 0 saturated carbocycles. The Morgan fingerprint density at radius 3 is 2.42 bits per heavy atom. The zero-order valence-corrected chi connectivity index (χ0v) is 12.3. The Kier molecular flexibility index (Phi) is 4.38. The average Bonchev–Trinajstić information content (AvgIpc) is 2.80. The maximum Gasteiger partial charge on any atom is 0.0946 e. The second-order valence-corrected chi connectivity index (χ2v) is 5.18. The highest BCUT2D eigenvalue weighted by Crippen LogP contribution is 2.24. The minimum atomic E-state index is 0.333. The predicted octanol–water partition coefficient (Wildman–Crippen LogP) is 3.16. The topological polar surface area (TPSA) is 29.9 Å². The molecule has 102 valence electrons. The summed E-state index contributed by atoms with van der Waals surface area (Å²) in [5.41, 5.74) is 5.48. The van der Waals surface area contributed by atoms with Crippen LogP contribution in [0.1, 0.15) is 35.2 Å². The molecule has 0 aliphatic rings. The van der Waals surface area contributed by atoms with Gasteiger partial charge in [0.2, 0.25) is 0 Å². The largest absolute Gasteiger partial charge is 0.336 e. The summed E-state index contributed by atoms with van der Waals surface area (Å²) in [4.78, 5) is 4.12. The number of aromatic nitrogens is 2. The van der Waals surface area contributed by atoms with E-state index < -0.39 is 0 Å². The fourth-order valence-electron chi connectivity index (χ4n) is 2.85. The molecule has 0 radical (unpaired) electrons. The summed E-state index contributed by atoms with van der Waals surface area (Å²) in [5, 5.41) is 3.59. The number of benzene rings is 1. The van der Waals surface area contributed by atoms with E-state index in [1.807, 2.05) is 18.7 Å². The van der Waals surface area contributed by atoms with Gasteiger partial charge in [-0.3, -0.25) is 0 Å². The van der Waals surface area contributed by atoms with E-state index in [1.165, 1.54) is 22.3 Å². The van der Waals surface area contributed by atoms with Crippen LogP contribution in [0.5, 0.6) is 0 Å². The summed E-state index contributed by atoms with van der Waals surface area (Å²) < 4.78 is 2.13. The first kappa shape index (κ1) is 13.8. The van der Waals surface area contributed by atoms with Crippen molar-refractivity contribution in [2.24, 2.45) is 0 Å². The zero-order chi connectivity index (χ0) is 13.8. The minimum absolute atomic E-state index is 0.333. The maximum absolute atomic E-state index is 4.12. The van der Waals surface area contributed by atoms with Gasteiger partial charge in [0, 0.05) is 18.9 Å². The van der Waals surface area contributed by atoms with E-state index in [4.69, 9.17) is 0 Å². The van der Waals surface area contributed by atoms with Crippen molar-refractivity contribution in [1.82, 2.24) is 14.9 Å². The highest BCUT2D eigenvalue weighted by molar-refractivity contribution is 5.39. The van der Waals surface area contributed by atoms with Gasteiger partial charge in [-0.05, 0) is 44.0 Å². The van der Waals surface area contributed by atoms with Gasteiger partial charge in [0.25, 0.3) is 0 Å². The summed E-state index contributed by atoms with van der Waals surface area (Å²) >= 11 is 0. The highest BCUT2D eigenvalue weighted by Gasteiger charge is 2.16. The molecular weight excluding hydrogens is 234 g/mol. The standard InChI is InChI=1S/C16H23N3/c1-5-18-15(10-19-7-6-17-11-19)16-13(3)8-12(2)9-14(16)4/h6-9,11,15,18H,5,10H2,1-4H3. The van der Waals surface area contributed by atoms with E-state index in [9.17, 15) is 0 Å². The molecule has 1 heterocycles. The van der Waals surface area contributed by atoms with E-state index in [0.717, 1.165) is 13.1 Å². The van der Waals surface area contributed by atoms with Gasteiger partial charge < -0.3 is 9.88 Å². The Balaban J connectivity index is 2.33. The van der Waals surface area contributed by atoms with Gasteiger partial charge in [-0.1, -0.05) is 24.6 Å². The van der Waals surface area contributed by atoms with E-state index in [0.29, 0.717) is 6.04 Å². The smallest absolute Gasteiger partial charge is 0.0946 e. The first-order chi connectivity index (χ1) is 9.11. The molecule has 3 heteroatoms. The molecule has 1 aromatic carbocycles. The van der Waals surface area contributed by atoms with Gasteiger partial charge >= 0.3 is 0 Å². The Morgan fingerprint density at radius 1 is 1.21 bits per heavy atom. The van der Waals surface area contributed by atoms with Crippen molar-refractivity contribution >= 4 is 0 Å². The van der Waals surface area contributed by atoms with E-state index in [-0.39, 0.29) is 0 Å². The zero-order valence-electron chi connectivity index (χ0n) is 12.3. The van der Waals surface area contributed by atoms with Crippen LogP contribution >= 0.6 is 0 Å². The summed E-state index contributed by atoms with van der Waals surface area (Å²) in [6, 6.07) is 4.86. The van der Waals surface area contributed by atoms with Gasteiger partial charge in [0.05, 0.1) is 12.4 Å². The van der Waals surface area contributed by atoms with Crippen molar-refractivity contribution in [2.75, 3.05) is 6.54 Å². The van der Waals surface area contributed by atoms with Crippen LogP contribution in [0.25, 0.3) is 0 Å². The van der Waals surface area contributed by atoms with Crippen molar-refractivity contribution in [3.8, 4) is 0 Å². The molecular formula is C16H23N3. The van der Waals surface area contributed by atoms with Gasteiger partial charge in [-0.2, -0.15) is 0 Å². The highest BCUT2D eigenvalue weighted by atomic mass is 15.1. The Labute approximate surface area is 115 Å². The summed E-state index contributed by atoms with van der Waals surface area (Å²) in [6.07, 6.45) is 5.73. The first-order valence-corrected chi connectivity index (χ1v) is 6.88. The summed E-state index contributed by atoms with van der Waals surface area (Å²) in [7, 11) is 0. The van der Waals surface area contributed by atoms with Crippen LogP contribution < -0.4 is 5.32 Å². The molecule has 19 heavy (non-hydrogen) atoms. The lowest BCUT2D eigenvalue weighted by Gasteiger charge is -2.23. The van der Waals surface area contributed by atoms with Crippen molar-refractivity contribution in [2.45, 2.75) is 40.3 Å². The molecule has 0 saturated heterocycles. The lowest BCUT2D eigenvalue weighted by atomic mass is 9.94. The van der Waals surface area contributed by atoms with Gasteiger partial charge in [0.15, 0.2) is 0 Å². The third kappa shape index (κ3) is 3.24. The molecule has 0 spiro atoms. The van der Waals surface area contributed by atoms with E-state index in [1.54, 1.807) is 0 Å². The number of hydrogen-bond donors (Lipinski definition) is 1. The van der Waals surface area contributed by atoms with Crippen molar-refractivity contribution in [3.05, 3.63) is 53.1 Å². The average molecular weight is 257 g/mol. The quantitative estimate of drug-likeness (QED) is 0.891. The Bertz CT molecular complexity index is 506. The number of rotatable bonds is 5. The molecule has 1 aromatic heterocycles. The lowest BCUT2D eigenvalue weighted by molar-refractivity contribution is 0.471. The molecule has 1 N–H and O–H groups in total. The monoisotopic (exact) mass is 257 g/mol. The molecule has 1 atom stereocenters. The van der Waals surface area contributed by atoms with Crippen LogP contribution in [-0.2, 0) is 6.54 Å². The van der Waals surface area contributed by atoms with Crippen LogP contribution in [0.3, 0.4) is 0 Å². The summed E-state index contributed by atoms with van der Waals surface area (Å²) in [5.74, 6) is 0. The van der Waals surface area contributed by atoms with Crippen molar-refractivity contribution in [1.29, 1.82) is 0 Å². The number of hydrogen-bond acceptors (Lipinski definition) is 2. The number of nitrogens with one attached hydrogen (secondary N) is 1. The molecule has 2 rings (SSSR count). The molecule has 0 fully saturated rings. The van der Waals surface area contributed by atoms with E-state index >= 15 is 0 Å². The minimum Gasteiger partial charge on any atom is -0.336 e. The number of nitrogens with zero attached hydrogens (tertiary/aromatic N) is 2. The molecule has 3 nitrogen and oxygen atoms in total. The Hall–Kier alpha value is -1.61. The molecule has 0 aliphatic heterocycles. The fraction of sp³-hybridized carbons (Fsp3) is 0.438. The van der Waals surface area contributed by atoms with Crippen LogP contribution in [0.2, 0.25) is 0 Å². The fourth-order valence-corrected chi connectivity index (χ4v) is 2.85. The van der Waals surface area contributed by atoms with Gasteiger partial charge in [0.1, 0.15) is 0 Å². The molecule has 0 aliphatic carbocycles. The third-order valence-corrected chi connectivity index (χ3v) is 3.49. The number of likely N-dealkylation sites (N-methyl/N-ethyl adjacent to an activating group) is 1.